The third-order valence-corrected chi connectivity index (χ3v) is 6.57. The summed E-state index contributed by atoms with van der Waals surface area (Å²) in [5, 5.41) is 9.90. The number of esters is 1. The van der Waals surface area contributed by atoms with E-state index in [1.54, 1.807) is 32.1 Å². The fourth-order valence-electron chi connectivity index (χ4n) is 4.04. The number of aromatic hydroxyl groups is 1. The Kier molecular flexibility index (Phi) is 7.30. The molecule has 0 radical (unpaired) electrons. The van der Waals surface area contributed by atoms with Crippen molar-refractivity contribution in [3.05, 3.63) is 84.5 Å². The molecule has 2 heterocycles. The zero-order chi connectivity index (χ0) is 26.0. The Bertz CT molecular complexity index is 1500. The van der Waals surface area contributed by atoms with Crippen molar-refractivity contribution in [2.75, 3.05) is 13.7 Å². The molecule has 0 aliphatic carbocycles. The molecule has 4 rings (SSSR count). The Balaban J connectivity index is 1.89. The van der Waals surface area contributed by atoms with Crippen molar-refractivity contribution in [3.8, 4) is 17.2 Å². The number of hydrogen-bond donors (Lipinski definition) is 1. The second-order valence-electron chi connectivity index (χ2n) is 8.47. The number of carbonyl (C=O) groups is 1. The summed E-state index contributed by atoms with van der Waals surface area (Å²) in [5.41, 5.74) is 1.96. The highest BCUT2D eigenvalue weighted by molar-refractivity contribution is 7.07. The van der Waals surface area contributed by atoms with E-state index in [4.69, 9.17) is 14.2 Å². The minimum absolute atomic E-state index is 0.00991. The molecular weight excluding hydrogens is 480 g/mol. The molecule has 1 aromatic heterocycles. The molecule has 9 heteroatoms. The van der Waals surface area contributed by atoms with E-state index in [0.717, 1.165) is 5.56 Å². The number of thiazole rings is 1. The first-order valence-electron chi connectivity index (χ1n) is 11.6. The van der Waals surface area contributed by atoms with Crippen molar-refractivity contribution in [2.24, 2.45) is 4.99 Å². The van der Waals surface area contributed by atoms with Crippen molar-refractivity contribution in [1.82, 2.24) is 4.57 Å². The van der Waals surface area contributed by atoms with Gasteiger partial charge in [0.05, 0.1) is 41.7 Å². The zero-order valence-electron chi connectivity index (χ0n) is 20.8. The molecule has 36 heavy (non-hydrogen) atoms. The van der Waals surface area contributed by atoms with E-state index < -0.39 is 12.0 Å². The van der Waals surface area contributed by atoms with Gasteiger partial charge in [-0.05, 0) is 69.2 Å². The third kappa shape index (κ3) is 4.92. The SMILES string of the molecule is CCOC(=O)C1=C(C)N=c2s/c(=C/c3ccc(O)c(OC)c3)c(=O)n2[C@H]1c1ccc(OC(C)C)cc1. The molecule has 0 amide bonds. The number of fused-ring (bicyclic) bond motifs is 1. The molecule has 1 aliphatic rings. The molecule has 3 aromatic rings. The highest BCUT2D eigenvalue weighted by atomic mass is 32.1. The van der Waals surface area contributed by atoms with E-state index in [1.807, 2.05) is 38.1 Å². The van der Waals surface area contributed by atoms with Crippen molar-refractivity contribution < 1.29 is 24.1 Å². The highest BCUT2D eigenvalue weighted by Crippen LogP contribution is 2.32. The smallest absolute Gasteiger partial charge is 0.338 e. The van der Waals surface area contributed by atoms with Crippen molar-refractivity contribution in [2.45, 2.75) is 39.8 Å². The average Bonchev–Trinajstić information content (AvgIpc) is 3.14. The molecule has 0 fully saturated rings. The lowest BCUT2D eigenvalue weighted by Crippen LogP contribution is -2.39. The first-order valence-corrected chi connectivity index (χ1v) is 12.4. The van der Waals surface area contributed by atoms with Gasteiger partial charge in [0.15, 0.2) is 16.3 Å². The van der Waals surface area contributed by atoms with Gasteiger partial charge in [0.25, 0.3) is 5.56 Å². The van der Waals surface area contributed by atoms with Gasteiger partial charge in [-0.3, -0.25) is 9.36 Å². The highest BCUT2D eigenvalue weighted by Gasteiger charge is 2.33. The number of phenols is 1. The van der Waals surface area contributed by atoms with Crippen LogP contribution in [-0.2, 0) is 9.53 Å². The summed E-state index contributed by atoms with van der Waals surface area (Å²) in [6.07, 6.45) is 1.73. The van der Waals surface area contributed by atoms with E-state index in [-0.39, 0.29) is 24.0 Å². The molecule has 1 aliphatic heterocycles. The molecule has 0 spiro atoms. The number of ether oxygens (including phenoxy) is 3. The summed E-state index contributed by atoms with van der Waals surface area (Å²) in [6, 6.07) is 11.5. The predicted molar refractivity (Wildman–Crippen MR) is 137 cm³/mol. The lowest BCUT2D eigenvalue weighted by atomic mass is 9.96. The van der Waals surface area contributed by atoms with Crippen LogP contribution in [0.3, 0.4) is 0 Å². The average molecular weight is 509 g/mol. The first kappa shape index (κ1) is 25.2. The molecule has 0 unspecified atom stereocenters. The lowest BCUT2D eigenvalue weighted by molar-refractivity contribution is -0.139. The minimum Gasteiger partial charge on any atom is -0.504 e. The Hall–Kier alpha value is -3.85. The maximum atomic E-state index is 13.7. The topological polar surface area (TPSA) is 99.4 Å². The lowest BCUT2D eigenvalue weighted by Gasteiger charge is -2.25. The molecule has 1 atom stereocenters. The number of methoxy groups -OCH3 is 1. The molecule has 188 valence electrons. The van der Waals surface area contributed by atoms with Gasteiger partial charge < -0.3 is 19.3 Å². The van der Waals surface area contributed by atoms with Crippen LogP contribution in [0.1, 0.15) is 44.9 Å². The number of carbonyl (C=O) groups excluding carboxylic acids is 1. The zero-order valence-corrected chi connectivity index (χ0v) is 21.6. The van der Waals surface area contributed by atoms with Crippen LogP contribution < -0.4 is 24.4 Å². The normalized spacial score (nSPS) is 15.5. The third-order valence-electron chi connectivity index (χ3n) is 5.59. The summed E-state index contributed by atoms with van der Waals surface area (Å²) in [7, 11) is 1.46. The number of aromatic nitrogens is 1. The summed E-state index contributed by atoms with van der Waals surface area (Å²) in [4.78, 5) is 31.7. The van der Waals surface area contributed by atoms with Crippen LogP contribution >= 0.6 is 11.3 Å². The van der Waals surface area contributed by atoms with Gasteiger partial charge >= 0.3 is 5.97 Å². The quantitative estimate of drug-likeness (QED) is 0.492. The number of hydrogen-bond acceptors (Lipinski definition) is 8. The van der Waals surface area contributed by atoms with Crippen LogP contribution in [0.5, 0.6) is 17.2 Å². The van der Waals surface area contributed by atoms with Crippen LogP contribution in [0.15, 0.2) is 63.5 Å². The molecule has 1 N–H and O–H groups in total. The maximum Gasteiger partial charge on any atom is 0.338 e. The van der Waals surface area contributed by atoms with Gasteiger partial charge in [0.2, 0.25) is 0 Å². The second kappa shape index (κ2) is 10.4. The summed E-state index contributed by atoms with van der Waals surface area (Å²) < 4.78 is 18.2. The van der Waals surface area contributed by atoms with Crippen molar-refractivity contribution in [3.63, 3.8) is 0 Å². The van der Waals surface area contributed by atoms with Crippen LogP contribution in [-0.4, -0.2) is 35.5 Å². The number of rotatable bonds is 7. The van der Waals surface area contributed by atoms with Crippen molar-refractivity contribution >= 4 is 23.4 Å². The minimum atomic E-state index is -0.704. The number of nitrogens with zero attached hydrogens (tertiary/aromatic N) is 2. The van der Waals surface area contributed by atoms with Gasteiger partial charge in [-0.1, -0.05) is 29.5 Å². The monoisotopic (exact) mass is 508 g/mol. The molecular formula is C27H28N2O6S. The van der Waals surface area contributed by atoms with Crippen molar-refractivity contribution in [1.29, 1.82) is 0 Å². The van der Waals surface area contributed by atoms with E-state index in [1.165, 1.54) is 29.1 Å². The van der Waals surface area contributed by atoms with Gasteiger partial charge in [-0.2, -0.15) is 0 Å². The largest absolute Gasteiger partial charge is 0.504 e. The number of benzene rings is 2. The van der Waals surface area contributed by atoms with E-state index in [9.17, 15) is 14.7 Å². The van der Waals surface area contributed by atoms with Gasteiger partial charge in [0.1, 0.15) is 5.75 Å². The Morgan fingerprint density at radius 3 is 2.58 bits per heavy atom. The molecule has 2 aromatic carbocycles. The fraction of sp³-hybridized carbons (Fsp3) is 0.296. The van der Waals surface area contributed by atoms with Crippen LogP contribution in [0, 0.1) is 0 Å². The van der Waals surface area contributed by atoms with Gasteiger partial charge in [0, 0.05) is 0 Å². The predicted octanol–water partition coefficient (Wildman–Crippen LogP) is 3.30. The summed E-state index contributed by atoms with van der Waals surface area (Å²) in [6.45, 7) is 7.58. The van der Waals surface area contributed by atoms with Gasteiger partial charge in [-0.15, -0.1) is 0 Å². The number of allylic oxidation sites excluding steroid dienone is 1. The van der Waals surface area contributed by atoms with Crippen LogP contribution in [0.2, 0.25) is 0 Å². The van der Waals surface area contributed by atoms with E-state index in [2.05, 4.69) is 4.99 Å². The number of phenolic OH excluding ortho intramolecular Hbond substituents is 1. The molecule has 8 nitrogen and oxygen atoms in total. The molecule has 0 saturated carbocycles. The van der Waals surface area contributed by atoms with Crippen LogP contribution in [0.4, 0.5) is 0 Å². The second-order valence-corrected chi connectivity index (χ2v) is 9.48. The van der Waals surface area contributed by atoms with E-state index in [0.29, 0.717) is 37.7 Å². The Morgan fingerprint density at radius 1 is 1.22 bits per heavy atom. The fourth-order valence-corrected chi connectivity index (χ4v) is 5.09. The maximum absolute atomic E-state index is 13.7. The molecule has 0 saturated heterocycles. The standard InChI is InChI=1S/C27H28N2O6S/c1-6-34-26(32)23-16(4)28-27-29(24(23)18-8-10-19(11-9-18)35-15(2)3)25(31)22(36-27)14-17-7-12-20(30)21(13-17)33-5/h7-15,24,30H,6H2,1-5H3/b22-14+/t24-/m0/s1. The molecule has 0 bridgehead atoms. The summed E-state index contributed by atoms with van der Waals surface area (Å²) >= 11 is 1.23. The van der Waals surface area contributed by atoms with Crippen LogP contribution in [0.25, 0.3) is 6.08 Å². The first-order chi connectivity index (χ1) is 17.2. The Morgan fingerprint density at radius 2 is 1.94 bits per heavy atom. The van der Waals surface area contributed by atoms with Gasteiger partial charge in [-0.25, -0.2) is 9.79 Å². The van der Waals surface area contributed by atoms with E-state index >= 15 is 0 Å². The summed E-state index contributed by atoms with van der Waals surface area (Å²) in [5.74, 6) is 0.499. The Labute approximate surface area is 212 Å².